The summed E-state index contributed by atoms with van der Waals surface area (Å²) in [5.74, 6) is 0.726. The van der Waals surface area contributed by atoms with Crippen LogP contribution in [-0.2, 0) is 16.0 Å². The van der Waals surface area contributed by atoms with E-state index < -0.39 is 8.32 Å². The Labute approximate surface area is 158 Å². The Morgan fingerprint density at radius 3 is 2.44 bits per heavy atom. The molecule has 5 heteroatoms. The standard InChI is InChI=1S/C20H31ClO3Si/c1-20(2,3)25(5,6)24-17-13-14-18(21)16(15-17)11-9-7-8-10-12-19(22)23-4/h7-8,13-15H,9-12H2,1-6H3/b8-7+. The Hall–Kier alpha value is -1.26. The quantitative estimate of drug-likeness (QED) is 0.306. The summed E-state index contributed by atoms with van der Waals surface area (Å²) in [5.41, 5.74) is 1.09. The van der Waals surface area contributed by atoms with Gasteiger partial charge >= 0.3 is 5.97 Å². The van der Waals surface area contributed by atoms with Gasteiger partial charge in [-0.3, -0.25) is 4.79 Å². The molecule has 0 spiro atoms. The molecule has 1 aromatic rings. The average molecular weight is 383 g/mol. The van der Waals surface area contributed by atoms with Crippen molar-refractivity contribution >= 4 is 25.9 Å². The van der Waals surface area contributed by atoms with Gasteiger partial charge in [-0.15, -0.1) is 0 Å². The fraction of sp³-hybridized carbons (Fsp3) is 0.550. The number of carbonyl (C=O) groups excluding carboxylic acids is 1. The highest BCUT2D eigenvalue weighted by molar-refractivity contribution is 6.74. The number of aryl methyl sites for hydroxylation is 1. The van der Waals surface area contributed by atoms with Gasteiger partial charge in [0.15, 0.2) is 0 Å². The topological polar surface area (TPSA) is 35.5 Å². The third-order valence-electron chi connectivity index (χ3n) is 4.69. The van der Waals surface area contributed by atoms with Crippen molar-refractivity contribution in [3.8, 4) is 5.75 Å². The van der Waals surface area contributed by atoms with E-state index in [-0.39, 0.29) is 11.0 Å². The Morgan fingerprint density at radius 2 is 1.84 bits per heavy atom. The van der Waals surface area contributed by atoms with Crippen molar-refractivity contribution in [1.29, 1.82) is 0 Å². The van der Waals surface area contributed by atoms with Gasteiger partial charge in [0.25, 0.3) is 0 Å². The largest absolute Gasteiger partial charge is 0.543 e. The predicted octanol–water partition coefficient (Wildman–Crippen LogP) is 6.17. The number of hydrogen-bond acceptors (Lipinski definition) is 3. The van der Waals surface area contributed by atoms with Crippen LogP contribution in [0.25, 0.3) is 0 Å². The molecule has 25 heavy (non-hydrogen) atoms. The second-order valence-corrected chi connectivity index (χ2v) is 12.9. The summed E-state index contributed by atoms with van der Waals surface area (Å²) in [5, 5.41) is 0.931. The molecule has 3 nitrogen and oxygen atoms in total. The molecular formula is C20H31ClO3Si. The van der Waals surface area contributed by atoms with Crippen molar-refractivity contribution < 1.29 is 14.0 Å². The minimum Gasteiger partial charge on any atom is -0.543 e. The first kappa shape index (κ1) is 21.8. The van der Waals surface area contributed by atoms with Gasteiger partial charge in [0.05, 0.1) is 7.11 Å². The SMILES string of the molecule is COC(=O)CC/C=C/CCc1cc(O[Si](C)(C)C(C)(C)C)ccc1Cl. The number of rotatable bonds is 8. The van der Waals surface area contributed by atoms with Gasteiger partial charge in [-0.05, 0) is 61.2 Å². The lowest BCUT2D eigenvalue weighted by Crippen LogP contribution is -2.43. The fourth-order valence-electron chi connectivity index (χ4n) is 2.03. The smallest absolute Gasteiger partial charge is 0.305 e. The summed E-state index contributed by atoms with van der Waals surface area (Å²) in [4.78, 5) is 11.0. The zero-order chi connectivity index (χ0) is 19.1. The van der Waals surface area contributed by atoms with Gasteiger partial charge in [0.1, 0.15) is 5.75 Å². The highest BCUT2D eigenvalue weighted by Gasteiger charge is 2.38. The second-order valence-electron chi connectivity index (χ2n) is 7.74. The minimum absolute atomic E-state index is 0.162. The summed E-state index contributed by atoms with van der Waals surface area (Å²) < 4.78 is 11.0. The molecule has 140 valence electrons. The Morgan fingerprint density at radius 1 is 1.20 bits per heavy atom. The van der Waals surface area contributed by atoms with Crippen LogP contribution >= 0.6 is 11.6 Å². The molecule has 0 saturated carbocycles. The van der Waals surface area contributed by atoms with Gasteiger partial charge in [-0.1, -0.05) is 44.5 Å². The molecule has 0 radical (unpaired) electrons. The first-order chi connectivity index (χ1) is 11.6. The third-order valence-corrected chi connectivity index (χ3v) is 9.41. The lowest BCUT2D eigenvalue weighted by Gasteiger charge is -2.36. The van der Waals surface area contributed by atoms with Crippen LogP contribution in [0.15, 0.2) is 30.4 Å². The molecule has 0 aromatic heterocycles. The van der Waals surface area contributed by atoms with Gasteiger partial charge < -0.3 is 9.16 Å². The van der Waals surface area contributed by atoms with E-state index in [1.54, 1.807) is 0 Å². The second kappa shape index (κ2) is 9.44. The molecule has 0 amide bonds. The van der Waals surface area contributed by atoms with Crippen LogP contribution in [0.5, 0.6) is 5.75 Å². The van der Waals surface area contributed by atoms with E-state index in [2.05, 4.69) is 50.7 Å². The predicted molar refractivity (Wildman–Crippen MR) is 108 cm³/mol. The van der Waals surface area contributed by atoms with Crippen molar-refractivity contribution in [3.05, 3.63) is 40.9 Å². The van der Waals surface area contributed by atoms with E-state index in [1.165, 1.54) is 7.11 Å². The highest BCUT2D eigenvalue weighted by Crippen LogP contribution is 2.38. The molecule has 0 atom stereocenters. The number of hydrogen-bond donors (Lipinski definition) is 0. The van der Waals surface area contributed by atoms with Crippen LogP contribution in [0, 0.1) is 0 Å². The van der Waals surface area contributed by atoms with Gasteiger partial charge in [-0.2, -0.15) is 0 Å². The van der Waals surface area contributed by atoms with Crippen LogP contribution in [0.1, 0.15) is 45.6 Å². The molecule has 0 unspecified atom stereocenters. The van der Waals surface area contributed by atoms with Gasteiger partial charge in [0.2, 0.25) is 8.32 Å². The van der Waals surface area contributed by atoms with Crippen LogP contribution in [-0.4, -0.2) is 21.4 Å². The van der Waals surface area contributed by atoms with Gasteiger partial charge in [-0.25, -0.2) is 0 Å². The molecule has 1 rings (SSSR count). The maximum Gasteiger partial charge on any atom is 0.305 e. The monoisotopic (exact) mass is 382 g/mol. The Balaban J connectivity index is 2.64. The van der Waals surface area contributed by atoms with E-state index in [1.807, 2.05) is 18.2 Å². The molecule has 0 aliphatic heterocycles. The molecule has 0 heterocycles. The van der Waals surface area contributed by atoms with Gasteiger partial charge in [0, 0.05) is 11.4 Å². The van der Waals surface area contributed by atoms with E-state index in [0.717, 1.165) is 29.2 Å². The van der Waals surface area contributed by atoms with E-state index in [0.29, 0.717) is 12.8 Å². The van der Waals surface area contributed by atoms with Crippen molar-refractivity contribution in [1.82, 2.24) is 0 Å². The number of ether oxygens (including phenoxy) is 1. The molecule has 1 aromatic carbocycles. The van der Waals surface area contributed by atoms with E-state index in [4.69, 9.17) is 16.0 Å². The summed E-state index contributed by atoms with van der Waals surface area (Å²) in [6.45, 7) is 11.2. The maximum atomic E-state index is 11.0. The fourth-order valence-corrected chi connectivity index (χ4v) is 3.27. The molecule has 0 N–H and O–H groups in total. The average Bonchev–Trinajstić information content (AvgIpc) is 2.51. The lowest BCUT2D eigenvalue weighted by atomic mass is 10.1. The number of halogens is 1. The molecule has 0 saturated heterocycles. The molecule has 0 aliphatic carbocycles. The van der Waals surface area contributed by atoms with Crippen LogP contribution in [0.3, 0.4) is 0 Å². The van der Waals surface area contributed by atoms with Crippen LogP contribution in [0.2, 0.25) is 23.2 Å². The van der Waals surface area contributed by atoms with Crippen molar-refractivity contribution in [2.24, 2.45) is 0 Å². The summed E-state index contributed by atoms with van der Waals surface area (Å²) in [6, 6.07) is 5.93. The number of methoxy groups -OCH3 is 1. The molecular weight excluding hydrogens is 352 g/mol. The maximum absolute atomic E-state index is 11.0. The molecule has 0 bridgehead atoms. The van der Waals surface area contributed by atoms with Crippen LogP contribution in [0.4, 0.5) is 0 Å². The number of allylic oxidation sites excluding steroid dienone is 2. The summed E-state index contributed by atoms with van der Waals surface area (Å²) in [7, 11) is -0.441. The lowest BCUT2D eigenvalue weighted by molar-refractivity contribution is -0.140. The van der Waals surface area contributed by atoms with E-state index in [9.17, 15) is 4.79 Å². The Bertz CT molecular complexity index is 603. The van der Waals surface area contributed by atoms with Crippen molar-refractivity contribution in [2.45, 2.75) is 64.6 Å². The van der Waals surface area contributed by atoms with Crippen molar-refractivity contribution in [2.75, 3.05) is 7.11 Å². The number of benzene rings is 1. The number of carbonyl (C=O) groups is 1. The minimum atomic E-state index is -1.85. The first-order valence-electron chi connectivity index (χ1n) is 8.76. The Kier molecular flexibility index (Phi) is 8.22. The van der Waals surface area contributed by atoms with Crippen LogP contribution < -0.4 is 4.43 Å². The third kappa shape index (κ3) is 7.24. The van der Waals surface area contributed by atoms with Crippen molar-refractivity contribution in [3.63, 3.8) is 0 Å². The number of esters is 1. The molecule has 0 fully saturated rings. The normalized spacial score (nSPS) is 12.4. The molecule has 0 aliphatic rings. The summed E-state index contributed by atoms with van der Waals surface area (Å²) in [6.07, 6.45) is 6.95. The highest BCUT2D eigenvalue weighted by atomic mass is 35.5. The summed E-state index contributed by atoms with van der Waals surface area (Å²) >= 11 is 6.33. The first-order valence-corrected chi connectivity index (χ1v) is 12.0. The zero-order valence-corrected chi connectivity index (χ0v) is 18.1. The zero-order valence-electron chi connectivity index (χ0n) is 16.3. The van der Waals surface area contributed by atoms with E-state index >= 15 is 0 Å².